The van der Waals surface area contributed by atoms with E-state index < -0.39 is 0 Å². The predicted molar refractivity (Wildman–Crippen MR) is 119 cm³/mol. The Bertz CT molecular complexity index is 974. The van der Waals surface area contributed by atoms with Crippen molar-refractivity contribution >= 4 is 5.91 Å². The highest BCUT2D eigenvalue weighted by Crippen LogP contribution is 2.38. The molecule has 2 aliphatic heterocycles. The topological polar surface area (TPSA) is 50.2 Å². The summed E-state index contributed by atoms with van der Waals surface area (Å²) in [6.07, 6.45) is 7.49. The Labute approximate surface area is 179 Å². The average molecular weight is 407 g/mol. The van der Waals surface area contributed by atoms with E-state index in [1.54, 1.807) is 6.20 Å². The fraction of sp³-hybridized carbons (Fsp3) is 0.600. The monoisotopic (exact) mass is 406 g/mol. The van der Waals surface area contributed by atoms with Gasteiger partial charge in [0.05, 0.1) is 17.8 Å². The molecular weight excluding hydrogens is 372 g/mol. The van der Waals surface area contributed by atoms with Gasteiger partial charge in [0, 0.05) is 24.8 Å². The molecule has 1 atom stereocenters. The van der Waals surface area contributed by atoms with Crippen LogP contribution in [0.4, 0.5) is 0 Å². The van der Waals surface area contributed by atoms with Crippen molar-refractivity contribution in [1.29, 1.82) is 0 Å². The minimum absolute atomic E-state index is 0.129. The number of nitrogens with one attached hydrogen (secondary N) is 1. The molecule has 5 heteroatoms. The molecule has 1 aromatic heterocycles. The summed E-state index contributed by atoms with van der Waals surface area (Å²) >= 11 is 0. The fourth-order valence-electron chi connectivity index (χ4n) is 5.06. The van der Waals surface area contributed by atoms with E-state index in [1.807, 2.05) is 11.8 Å². The normalized spacial score (nSPS) is 21.7. The summed E-state index contributed by atoms with van der Waals surface area (Å²) in [7, 11) is 0. The molecule has 1 amide bonds. The molecule has 1 aromatic carbocycles. The van der Waals surface area contributed by atoms with Gasteiger partial charge in [-0.2, -0.15) is 5.10 Å². The molecule has 30 heavy (non-hydrogen) atoms. The molecule has 3 aliphatic rings. The molecule has 3 heterocycles. The largest absolute Gasteiger partial charge is 0.334 e. The van der Waals surface area contributed by atoms with E-state index in [9.17, 15) is 4.79 Å². The van der Waals surface area contributed by atoms with Gasteiger partial charge in [-0.1, -0.05) is 32.9 Å². The van der Waals surface area contributed by atoms with Crippen LogP contribution in [-0.2, 0) is 18.4 Å². The number of hydrogen-bond donors (Lipinski definition) is 1. The molecule has 1 aliphatic carbocycles. The zero-order chi connectivity index (χ0) is 21.0. The highest BCUT2D eigenvalue weighted by Gasteiger charge is 2.32. The summed E-state index contributed by atoms with van der Waals surface area (Å²) in [5, 5.41) is 8.21. The third-order valence-electron chi connectivity index (χ3n) is 7.13. The summed E-state index contributed by atoms with van der Waals surface area (Å²) in [6, 6.07) is 5.72. The molecule has 2 aromatic rings. The van der Waals surface area contributed by atoms with Crippen molar-refractivity contribution < 1.29 is 4.79 Å². The Hall–Kier alpha value is -2.14. The van der Waals surface area contributed by atoms with Gasteiger partial charge in [0.1, 0.15) is 0 Å². The molecule has 5 rings (SSSR count). The van der Waals surface area contributed by atoms with Crippen LogP contribution in [0, 0.1) is 6.92 Å². The van der Waals surface area contributed by atoms with Crippen LogP contribution >= 0.6 is 0 Å². The predicted octanol–water partition coefficient (Wildman–Crippen LogP) is 4.45. The zero-order valence-electron chi connectivity index (χ0n) is 18.8. The molecule has 2 fully saturated rings. The third kappa shape index (κ3) is 3.47. The van der Waals surface area contributed by atoms with E-state index in [-0.39, 0.29) is 11.3 Å². The van der Waals surface area contributed by atoms with Crippen molar-refractivity contribution in [1.82, 2.24) is 20.0 Å². The molecule has 0 radical (unpaired) electrons. The highest BCUT2D eigenvalue weighted by atomic mass is 16.2. The summed E-state index contributed by atoms with van der Waals surface area (Å²) in [5.74, 6) is 0.135. The van der Waals surface area contributed by atoms with E-state index in [2.05, 4.69) is 48.0 Å². The van der Waals surface area contributed by atoms with Crippen molar-refractivity contribution in [3.05, 3.63) is 51.8 Å². The lowest BCUT2D eigenvalue weighted by Crippen LogP contribution is -2.37. The van der Waals surface area contributed by atoms with Gasteiger partial charge in [-0.05, 0) is 73.2 Å². The molecule has 1 N–H and O–H groups in total. The number of carbonyl (C=O) groups is 1. The number of hydrogen-bond acceptors (Lipinski definition) is 3. The van der Waals surface area contributed by atoms with E-state index in [0.717, 1.165) is 30.8 Å². The van der Waals surface area contributed by atoms with Gasteiger partial charge in [-0.25, -0.2) is 0 Å². The first-order valence-electron chi connectivity index (χ1n) is 11.6. The summed E-state index contributed by atoms with van der Waals surface area (Å²) in [6.45, 7) is 11.5. The molecule has 5 nitrogen and oxygen atoms in total. The first-order chi connectivity index (χ1) is 14.3. The third-order valence-corrected chi connectivity index (χ3v) is 7.13. The second-order valence-corrected chi connectivity index (χ2v) is 10.4. The Morgan fingerprint density at radius 2 is 2.00 bits per heavy atom. The van der Waals surface area contributed by atoms with Gasteiger partial charge in [0.2, 0.25) is 0 Å². The van der Waals surface area contributed by atoms with Crippen LogP contribution in [0.1, 0.15) is 96.8 Å². The molecule has 0 bridgehead atoms. The van der Waals surface area contributed by atoms with Gasteiger partial charge < -0.3 is 10.2 Å². The minimum Gasteiger partial charge on any atom is -0.334 e. The summed E-state index contributed by atoms with van der Waals surface area (Å²) in [5.41, 5.74) is 7.55. The fourth-order valence-corrected chi connectivity index (χ4v) is 5.06. The SMILES string of the molecule is Cc1c(C(=O)N2CCc3cc(C(C)(C)C)cc([C@@H]4CCCN4)c3C2)cnn1C1CC1. The van der Waals surface area contributed by atoms with Gasteiger partial charge in [0.15, 0.2) is 0 Å². The Morgan fingerprint density at radius 3 is 2.67 bits per heavy atom. The van der Waals surface area contributed by atoms with Gasteiger partial charge in [-0.15, -0.1) is 0 Å². The van der Waals surface area contributed by atoms with E-state index in [1.165, 1.54) is 47.9 Å². The Balaban J connectivity index is 1.47. The van der Waals surface area contributed by atoms with Gasteiger partial charge >= 0.3 is 0 Å². The number of nitrogens with zero attached hydrogens (tertiary/aromatic N) is 3. The van der Waals surface area contributed by atoms with Crippen LogP contribution < -0.4 is 5.32 Å². The van der Waals surface area contributed by atoms with Crippen molar-refractivity contribution in [3.8, 4) is 0 Å². The van der Waals surface area contributed by atoms with Gasteiger partial charge in [0.25, 0.3) is 5.91 Å². The van der Waals surface area contributed by atoms with Crippen LogP contribution in [-0.4, -0.2) is 33.7 Å². The molecular formula is C25H34N4O. The second-order valence-electron chi connectivity index (χ2n) is 10.4. The minimum atomic E-state index is 0.129. The number of amides is 1. The highest BCUT2D eigenvalue weighted by molar-refractivity contribution is 5.95. The zero-order valence-corrected chi connectivity index (χ0v) is 18.8. The first kappa shape index (κ1) is 19.8. The maximum atomic E-state index is 13.4. The first-order valence-corrected chi connectivity index (χ1v) is 11.6. The smallest absolute Gasteiger partial charge is 0.257 e. The van der Waals surface area contributed by atoms with E-state index >= 15 is 0 Å². The maximum Gasteiger partial charge on any atom is 0.257 e. The molecule has 160 valence electrons. The average Bonchev–Trinajstić information content (AvgIpc) is 3.26. The number of fused-ring (bicyclic) bond motifs is 1. The lowest BCUT2D eigenvalue weighted by Gasteiger charge is -2.34. The Kier molecular flexibility index (Phi) is 4.77. The second kappa shape index (κ2) is 7.23. The number of rotatable bonds is 3. The maximum absolute atomic E-state index is 13.4. The lowest BCUT2D eigenvalue weighted by atomic mass is 9.80. The molecule has 0 spiro atoms. The standard InChI is InChI=1S/C25H34N4O/c1-16-21(14-27-29(16)19-7-8-19)24(30)28-11-9-17-12-18(25(2,3)4)13-20(22(17)15-28)23-6-5-10-26-23/h12-14,19,23,26H,5-11,15H2,1-4H3/t23-/m0/s1. The van der Waals surface area contributed by atoms with Crippen LogP contribution in [0.5, 0.6) is 0 Å². The van der Waals surface area contributed by atoms with Crippen LogP contribution in [0.3, 0.4) is 0 Å². The van der Waals surface area contributed by atoms with Crippen molar-refractivity contribution in [2.45, 2.75) is 83.8 Å². The van der Waals surface area contributed by atoms with Crippen LogP contribution in [0.25, 0.3) is 0 Å². The molecule has 0 unspecified atom stereocenters. The molecule has 1 saturated heterocycles. The lowest BCUT2D eigenvalue weighted by molar-refractivity contribution is 0.0733. The number of aromatic nitrogens is 2. The quantitative estimate of drug-likeness (QED) is 0.819. The number of benzene rings is 1. The van der Waals surface area contributed by atoms with Crippen molar-refractivity contribution in [3.63, 3.8) is 0 Å². The number of carbonyl (C=O) groups excluding carboxylic acids is 1. The summed E-state index contributed by atoms with van der Waals surface area (Å²) < 4.78 is 2.05. The molecule has 1 saturated carbocycles. The van der Waals surface area contributed by atoms with Crippen LogP contribution in [0.2, 0.25) is 0 Å². The van der Waals surface area contributed by atoms with Gasteiger partial charge in [-0.3, -0.25) is 9.48 Å². The van der Waals surface area contributed by atoms with Crippen molar-refractivity contribution in [2.24, 2.45) is 0 Å². The van der Waals surface area contributed by atoms with Crippen LogP contribution in [0.15, 0.2) is 18.3 Å². The van der Waals surface area contributed by atoms with E-state index in [4.69, 9.17) is 0 Å². The van der Waals surface area contributed by atoms with Crippen molar-refractivity contribution in [2.75, 3.05) is 13.1 Å². The van der Waals surface area contributed by atoms with E-state index in [0.29, 0.717) is 18.6 Å². The summed E-state index contributed by atoms with van der Waals surface area (Å²) in [4.78, 5) is 15.4. The Morgan fingerprint density at radius 1 is 1.20 bits per heavy atom.